The summed E-state index contributed by atoms with van der Waals surface area (Å²) in [6, 6.07) is 9.39. The highest BCUT2D eigenvalue weighted by molar-refractivity contribution is 5.69. The van der Waals surface area contributed by atoms with Crippen molar-refractivity contribution < 1.29 is 12.3 Å². The van der Waals surface area contributed by atoms with E-state index >= 15 is 0 Å². The van der Waals surface area contributed by atoms with Crippen LogP contribution in [0.15, 0.2) is 36.4 Å². The maximum Gasteiger partial charge on any atom is 0.410 e. The number of nitriles is 1. The van der Waals surface area contributed by atoms with Crippen LogP contribution in [0.2, 0.25) is 0 Å². The number of rotatable bonds is 1. The Morgan fingerprint density at radius 1 is 1.40 bits per heavy atom. The number of amides is 1. The normalized spacial score (nSPS) is 23.2. The van der Waals surface area contributed by atoms with Crippen molar-refractivity contribution in [3.05, 3.63) is 47.5 Å². The van der Waals surface area contributed by atoms with Crippen LogP contribution in [0.4, 0.5) is 4.79 Å². The first-order chi connectivity index (χ1) is 12.6. The maximum atomic E-state index is 12.8. The summed E-state index contributed by atoms with van der Waals surface area (Å²) in [4.78, 5) is 14.6. The van der Waals surface area contributed by atoms with Crippen LogP contribution in [0.5, 0.6) is 0 Å². The van der Waals surface area contributed by atoms with E-state index in [1.54, 1.807) is 17.0 Å². The van der Waals surface area contributed by atoms with Crippen LogP contribution < -0.4 is 0 Å². The molecule has 2 aliphatic rings. The van der Waals surface area contributed by atoms with Gasteiger partial charge in [0.2, 0.25) is 0 Å². The monoisotopic (exact) mass is 340 g/mol. The molecule has 1 atom stereocenters. The van der Waals surface area contributed by atoms with Gasteiger partial charge in [0, 0.05) is 6.54 Å². The van der Waals surface area contributed by atoms with Gasteiger partial charge in [-0.15, -0.1) is 0 Å². The molecule has 0 N–H and O–H groups in total. The molecule has 1 amide bonds. The number of allylic oxidation sites excluding steroid dienone is 1. The molecule has 1 heterocycles. The predicted octanol–water partition coefficient (Wildman–Crippen LogP) is 4.97. The first-order valence-electron chi connectivity index (χ1n) is 9.77. The molecule has 0 unspecified atom stereocenters. The molecule has 1 aromatic rings. The lowest BCUT2D eigenvalue weighted by molar-refractivity contribution is -0.0175. The van der Waals surface area contributed by atoms with Gasteiger partial charge >= 0.3 is 6.09 Å². The van der Waals surface area contributed by atoms with Gasteiger partial charge in [-0.3, -0.25) is 0 Å². The molecule has 0 radical (unpaired) electrons. The molecular formula is C21H26N2O2. The van der Waals surface area contributed by atoms with Crippen LogP contribution in [0.1, 0.15) is 66.4 Å². The number of piperidine rings is 1. The summed E-state index contributed by atoms with van der Waals surface area (Å²) in [5.41, 5.74) is 1.99. The van der Waals surface area contributed by atoms with Crippen LogP contribution in [0, 0.1) is 16.7 Å². The van der Waals surface area contributed by atoms with Crippen LogP contribution in [0.3, 0.4) is 0 Å². The largest absolute Gasteiger partial charge is 0.444 e. The second kappa shape index (κ2) is 6.22. The van der Waals surface area contributed by atoms with Gasteiger partial charge in [0.1, 0.15) is 5.60 Å². The van der Waals surface area contributed by atoms with E-state index < -0.39 is 5.60 Å². The van der Waals surface area contributed by atoms with E-state index in [1.807, 2.05) is 32.9 Å². The number of benzene rings is 1. The third-order valence-electron chi connectivity index (χ3n) is 5.11. The first kappa shape index (κ1) is 15.0. The Morgan fingerprint density at radius 3 is 2.64 bits per heavy atom. The zero-order valence-corrected chi connectivity index (χ0v) is 15.1. The zero-order valence-electron chi connectivity index (χ0n) is 17.1. The fourth-order valence-electron chi connectivity index (χ4n) is 3.93. The Balaban J connectivity index is 1.86. The molecule has 132 valence electrons. The summed E-state index contributed by atoms with van der Waals surface area (Å²) in [6.07, 6.45) is 2.86. The van der Waals surface area contributed by atoms with Gasteiger partial charge in [0.25, 0.3) is 0 Å². The highest BCUT2D eigenvalue weighted by Crippen LogP contribution is 2.56. The minimum atomic E-state index is -0.556. The number of carbonyl (C=O) groups is 1. The van der Waals surface area contributed by atoms with Crippen molar-refractivity contribution in [2.45, 2.75) is 58.1 Å². The Hall–Kier alpha value is -2.28. The lowest BCUT2D eigenvalue weighted by Gasteiger charge is -2.52. The molecule has 1 aliphatic heterocycles. The van der Waals surface area contributed by atoms with E-state index in [9.17, 15) is 4.79 Å². The molecular weight excluding hydrogens is 312 g/mol. The van der Waals surface area contributed by atoms with Crippen molar-refractivity contribution in [3.63, 3.8) is 0 Å². The van der Waals surface area contributed by atoms with E-state index in [-0.39, 0.29) is 24.1 Å². The molecule has 4 heteroatoms. The summed E-state index contributed by atoms with van der Waals surface area (Å²) in [5, 5.41) is 9.04. The van der Waals surface area contributed by atoms with Gasteiger partial charge in [-0.05, 0) is 69.6 Å². The molecule has 4 nitrogen and oxygen atoms in total. The van der Waals surface area contributed by atoms with Crippen molar-refractivity contribution >= 4 is 6.09 Å². The predicted molar refractivity (Wildman–Crippen MR) is 96.9 cm³/mol. The van der Waals surface area contributed by atoms with Crippen molar-refractivity contribution in [1.29, 1.82) is 5.26 Å². The van der Waals surface area contributed by atoms with Crippen molar-refractivity contribution in [1.82, 2.24) is 4.90 Å². The van der Waals surface area contributed by atoms with Crippen molar-refractivity contribution in [2.75, 3.05) is 6.54 Å². The molecule has 1 aromatic carbocycles. The van der Waals surface area contributed by atoms with Crippen LogP contribution in [-0.2, 0) is 4.74 Å². The minimum Gasteiger partial charge on any atom is -0.444 e. The van der Waals surface area contributed by atoms with Crippen molar-refractivity contribution in [3.8, 4) is 6.07 Å². The Labute approximate surface area is 152 Å². The fourth-order valence-corrected chi connectivity index (χ4v) is 3.93. The summed E-state index contributed by atoms with van der Waals surface area (Å²) in [5.74, 6) is 0. The highest BCUT2D eigenvalue weighted by Gasteiger charge is 2.47. The standard InChI is InChI=1S/C21H26N2O2/c1-15-11-21(12-15)9-10-23(19(24)25-20(2,3)4)18(13-21)17-7-5-16(14-22)6-8-17/h5-8,18H,1,9-13H2,2-4H3/t18-/m0/s1/i1D2. The average Bonchev–Trinajstić information content (AvgIpc) is 2.57. The van der Waals surface area contributed by atoms with Gasteiger partial charge in [0.05, 0.1) is 20.4 Å². The van der Waals surface area contributed by atoms with Gasteiger partial charge in [0.15, 0.2) is 0 Å². The van der Waals surface area contributed by atoms with Crippen LogP contribution >= 0.6 is 0 Å². The summed E-state index contributed by atoms with van der Waals surface area (Å²) in [6.45, 7) is 6.11. The number of hydrogen-bond acceptors (Lipinski definition) is 3. The Kier molecular flexibility index (Phi) is 3.73. The van der Waals surface area contributed by atoms with Gasteiger partial charge in [-0.25, -0.2) is 4.79 Å². The third-order valence-corrected chi connectivity index (χ3v) is 5.11. The van der Waals surface area contributed by atoms with Crippen LogP contribution in [-0.4, -0.2) is 23.1 Å². The summed E-state index contributed by atoms with van der Waals surface area (Å²) < 4.78 is 20.7. The SMILES string of the molecule is [2H]C([2H])=C1CC2(CCN(C(=O)OC(C)(C)C)[C@H](c3ccc(C#N)cc3)C2)C1. The van der Waals surface area contributed by atoms with Crippen LogP contribution in [0.25, 0.3) is 0 Å². The number of nitrogens with zero attached hydrogens (tertiary/aromatic N) is 2. The number of likely N-dealkylation sites (tertiary alicyclic amines) is 1. The van der Waals surface area contributed by atoms with Gasteiger partial charge in [-0.2, -0.15) is 5.26 Å². The first-order valence-corrected chi connectivity index (χ1v) is 8.77. The van der Waals surface area contributed by atoms with Crippen molar-refractivity contribution in [2.24, 2.45) is 5.41 Å². The van der Waals surface area contributed by atoms with E-state index in [1.165, 1.54) is 0 Å². The third kappa shape index (κ3) is 3.71. The summed E-state index contributed by atoms with van der Waals surface area (Å²) >= 11 is 0. The fraction of sp³-hybridized carbons (Fsp3) is 0.524. The molecule has 2 fully saturated rings. The van der Waals surface area contributed by atoms with Gasteiger partial charge < -0.3 is 9.64 Å². The van der Waals surface area contributed by atoms with Gasteiger partial charge in [-0.1, -0.05) is 24.2 Å². The Bertz CT molecular complexity index is 791. The number of hydrogen-bond donors (Lipinski definition) is 0. The molecule has 1 saturated carbocycles. The Morgan fingerprint density at radius 2 is 2.08 bits per heavy atom. The molecule has 25 heavy (non-hydrogen) atoms. The second-order valence-corrected chi connectivity index (χ2v) is 8.33. The van der Waals surface area contributed by atoms with E-state index in [0.717, 1.165) is 36.8 Å². The van der Waals surface area contributed by atoms with E-state index in [4.69, 9.17) is 12.7 Å². The lowest BCUT2D eigenvalue weighted by Crippen LogP contribution is -2.49. The number of carbonyl (C=O) groups excluding carboxylic acids is 1. The molecule has 1 aliphatic carbocycles. The highest BCUT2D eigenvalue weighted by atomic mass is 16.6. The quantitative estimate of drug-likeness (QED) is 0.678. The summed E-state index contributed by atoms with van der Waals surface area (Å²) in [7, 11) is 0. The number of ether oxygens (including phenoxy) is 1. The smallest absolute Gasteiger partial charge is 0.410 e. The molecule has 1 spiro atoms. The molecule has 1 saturated heterocycles. The zero-order chi connectivity index (χ0) is 19.8. The topological polar surface area (TPSA) is 53.3 Å². The molecule has 0 aromatic heterocycles. The second-order valence-electron chi connectivity index (χ2n) is 8.33. The maximum absolute atomic E-state index is 12.8. The molecule has 0 bridgehead atoms. The average molecular weight is 340 g/mol. The minimum absolute atomic E-state index is 0.0553. The molecule has 3 rings (SSSR count). The lowest BCUT2D eigenvalue weighted by atomic mass is 9.59. The van der Waals surface area contributed by atoms with E-state index in [0.29, 0.717) is 12.1 Å². The van der Waals surface area contributed by atoms with E-state index in [2.05, 4.69) is 6.07 Å².